The van der Waals surface area contributed by atoms with Crippen molar-refractivity contribution in [2.45, 2.75) is 0 Å². The lowest BCUT2D eigenvalue weighted by molar-refractivity contribution is 0.669. The minimum atomic E-state index is -0.683. The van der Waals surface area contributed by atoms with Crippen molar-refractivity contribution in [2.24, 2.45) is 0 Å². The van der Waals surface area contributed by atoms with E-state index in [1.54, 1.807) is 12.1 Å². The third-order valence-corrected chi connectivity index (χ3v) is 6.94. The molecule has 8 aromatic rings. The molecular formula is C39H25N3O. The molecule has 0 unspecified atom stereocenters. The number of hydrogen-bond donors (Lipinski definition) is 0. The maximum Gasteiger partial charge on any atom is 0.164 e. The summed E-state index contributed by atoms with van der Waals surface area (Å²) in [6, 6.07) is 19.7. The number of hydrogen-bond acceptors (Lipinski definition) is 4. The second kappa shape index (κ2) is 10.5. The predicted octanol–water partition coefficient (Wildman–Crippen LogP) is 10.1. The Bertz CT molecular complexity index is 2820. The van der Waals surface area contributed by atoms with E-state index < -0.39 is 72.0 Å². The van der Waals surface area contributed by atoms with Crippen LogP contribution in [0.25, 0.3) is 78.4 Å². The Morgan fingerprint density at radius 2 is 1.12 bits per heavy atom. The van der Waals surface area contributed by atoms with E-state index in [0.29, 0.717) is 11.1 Å². The molecule has 4 nitrogen and oxygen atoms in total. The highest BCUT2D eigenvalue weighted by atomic mass is 16.3. The summed E-state index contributed by atoms with van der Waals surface area (Å²) in [5.74, 6) is 0.376. The maximum absolute atomic E-state index is 9.37. The molecule has 0 saturated heterocycles. The van der Waals surface area contributed by atoms with E-state index in [9.17, 15) is 4.11 Å². The van der Waals surface area contributed by atoms with Gasteiger partial charge in [0.05, 0.1) is 15.1 Å². The van der Waals surface area contributed by atoms with Gasteiger partial charge in [0.15, 0.2) is 17.5 Å². The fraction of sp³-hybridized carbons (Fsp3) is 0. The first-order valence-electron chi connectivity index (χ1n) is 18.9. The van der Waals surface area contributed by atoms with Gasteiger partial charge >= 0.3 is 0 Å². The third kappa shape index (κ3) is 4.65. The van der Waals surface area contributed by atoms with Crippen molar-refractivity contribution in [1.82, 2.24) is 15.0 Å². The number of fused-ring (bicyclic) bond motifs is 3. The Kier molecular flexibility index (Phi) is 3.90. The highest BCUT2D eigenvalue weighted by molar-refractivity contribution is 6.12. The first-order valence-corrected chi connectivity index (χ1v) is 13.4. The fourth-order valence-electron chi connectivity index (χ4n) is 4.92. The Labute approximate surface area is 264 Å². The smallest absolute Gasteiger partial charge is 0.164 e. The van der Waals surface area contributed by atoms with Gasteiger partial charge in [0, 0.05) is 27.5 Å². The number of rotatable bonds is 5. The van der Waals surface area contributed by atoms with Crippen LogP contribution in [-0.2, 0) is 0 Å². The van der Waals surface area contributed by atoms with Crippen molar-refractivity contribution in [1.29, 1.82) is 0 Å². The zero-order valence-corrected chi connectivity index (χ0v) is 22.3. The molecule has 2 aromatic heterocycles. The van der Waals surface area contributed by atoms with E-state index in [2.05, 4.69) is 4.98 Å². The first-order chi connectivity index (χ1) is 25.9. The predicted molar refractivity (Wildman–Crippen MR) is 174 cm³/mol. The topological polar surface area (TPSA) is 51.8 Å². The van der Waals surface area contributed by atoms with Crippen molar-refractivity contribution in [2.75, 3.05) is 0 Å². The van der Waals surface area contributed by atoms with Crippen molar-refractivity contribution in [3.05, 3.63) is 151 Å². The van der Waals surface area contributed by atoms with Crippen LogP contribution in [0, 0.1) is 0 Å². The number of furan rings is 1. The van der Waals surface area contributed by atoms with Crippen molar-refractivity contribution in [3.63, 3.8) is 0 Å². The molecule has 43 heavy (non-hydrogen) atoms. The minimum absolute atomic E-state index is 0.103. The summed E-state index contributed by atoms with van der Waals surface area (Å²) in [5.41, 5.74) is 1.54. The molecule has 0 saturated carbocycles. The largest absolute Gasteiger partial charge is 0.456 e. The Morgan fingerprint density at radius 3 is 1.88 bits per heavy atom. The molecule has 0 aliphatic heterocycles. The van der Waals surface area contributed by atoms with Gasteiger partial charge in [-0.2, -0.15) is 0 Å². The van der Waals surface area contributed by atoms with E-state index in [0.717, 1.165) is 11.1 Å². The van der Waals surface area contributed by atoms with E-state index in [1.807, 2.05) is 72.8 Å². The Balaban J connectivity index is 1.43. The maximum atomic E-state index is 9.37. The molecule has 0 aliphatic carbocycles. The van der Waals surface area contributed by atoms with Gasteiger partial charge in [-0.05, 0) is 46.4 Å². The summed E-state index contributed by atoms with van der Waals surface area (Å²) < 4.78 is 102. The average Bonchev–Trinajstić information content (AvgIpc) is 3.60. The molecule has 8 rings (SSSR count). The molecule has 0 radical (unpaired) electrons. The van der Waals surface area contributed by atoms with Gasteiger partial charge in [-0.1, -0.05) is 127 Å². The summed E-state index contributed by atoms with van der Waals surface area (Å²) in [6.07, 6.45) is 0. The van der Waals surface area contributed by atoms with Crippen LogP contribution < -0.4 is 0 Å². The highest BCUT2D eigenvalue weighted by Crippen LogP contribution is 2.38. The minimum Gasteiger partial charge on any atom is -0.456 e. The van der Waals surface area contributed by atoms with Crippen LogP contribution in [0.2, 0.25) is 0 Å². The molecule has 2 heterocycles. The van der Waals surface area contributed by atoms with Gasteiger partial charge in [0.25, 0.3) is 0 Å². The van der Waals surface area contributed by atoms with Gasteiger partial charge in [0.1, 0.15) is 11.2 Å². The zero-order valence-electron chi connectivity index (χ0n) is 33.3. The number of benzene rings is 6. The molecule has 0 atom stereocenters. The lowest BCUT2D eigenvalue weighted by Gasteiger charge is -2.10. The highest BCUT2D eigenvalue weighted by Gasteiger charge is 2.16. The quantitative estimate of drug-likeness (QED) is 0.209. The Morgan fingerprint density at radius 1 is 0.465 bits per heavy atom. The SMILES string of the molecule is [2H]c1c([2H])c([2H])c(-c2c([2H])c([2H])c([2H])c3oc4c([2H])c(-c5nc(-c6ccccc6)nc(-c6cccc(-c7ccccc7)c6)n5)c([2H])c([2H])c4c23)c([2H])c1[2H]. The number of aromatic nitrogens is 3. The zero-order chi connectivity index (χ0) is 38.2. The summed E-state index contributed by atoms with van der Waals surface area (Å²) in [5, 5.41) is -0.382. The molecule has 4 heteroatoms. The second-order valence-corrected chi connectivity index (χ2v) is 9.63. The monoisotopic (exact) mass is 562 g/mol. The normalized spacial score (nSPS) is 14.8. The lowest BCUT2D eigenvalue weighted by atomic mass is 9.99. The summed E-state index contributed by atoms with van der Waals surface area (Å²) in [4.78, 5) is 14.2. The Hall–Kier alpha value is -5.87. The van der Waals surface area contributed by atoms with E-state index in [1.165, 1.54) is 0 Å². The van der Waals surface area contributed by atoms with Crippen LogP contribution in [0.1, 0.15) is 15.1 Å². The van der Waals surface area contributed by atoms with Crippen LogP contribution in [0.4, 0.5) is 0 Å². The summed E-state index contributed by atoms with van der Waals surface area (Å²) in [6.45, 7) is 0. The van der Waals surface area contributed by atoms with Gasteiger partial charge in [-0.3, -0.25) is 0 Å². The lowest BCUT2D eigenvalue weighted by Crippen LogP contribution is -2.00. The van der Waals surface area contributed by atoms with Crippen LogP contribution in [0.3, 0.4) is 0 Å². The molecule has 0 fully saturated rings. The van der Waals surface area contributed by atoms with Crippen LogP contribution >= 0.6 is 0 Å². The van der Waals surface area contributed by atoms with Crippen LogP contribution in [-0.4, -0.2) is 15.0 Å². The molecule has 202 valence electrons. The van der Waals surface area contributed by atoms with Gasteiger partial charge in [-0.15, -0.1) is 0 Å². The standard InChI is InChI=1S/C39H25N3O/c1-4-12-26(13-5-1)29-18-10-19-30(24-29)38-40-37(28-16-8-3-9-17-28)41-39(42-38)31-22-23-33-35(25-31)43-34-21-11-20-32(36(33)34)27-14-6-2-7-15-27/h1-25H/i2D,6D,7D,11D,14D,15D,20D,21D,22D,23D,25D. The molecule has 0 bridgehead atoms. The molecule has 0 amide bonds. The van der Waals surface area contributed by atoms with Gasteiger partial charge in [-0.25, -0.2) is 15.0 Å². The van der Waals surface area contributed by atoms with E-state index in [-0.39, 0.29) is 50.5 Å². The molecule has 0 aliphatic rings. The number of nitrogens with zero attached hydrogens (tertiary/aromatic N) is 3. The van der Waals surface area contributed by atoms with Crippen molar-refractivity contribution < 1.29 is 19.5 Å². The van der Waals surface area contributed by atoms with Crippen molar-refractivity contribution >= 4 is 21.9 Å². The van der Waals surface area contributed by atoms with E-state index in [4.69, 9.17) is 25.4 Å². The van der Waals surface area contributed by atoms with Crippen LogP contribution in [0.5, 0.6) is 0 Å². The van der Waals surface area contributed by atoms with E-state index >= 15 is 0 Å². The second-order valence-electron chi connectivity index (χ2n) is 9.63. The van der Waals surface area contributed by atoms with Gasteiger partial charge in [0.2, 0.25) is 0 Å². The fourth-order valence-corrected chi connectivity index (χ4v) is 4.92. The molecule has 0 N–H and O–H groups in total. The van der Waals surface area contributed by atoms with Gasteiger partial charge < -0.3 is 4.42 Å². The molecule has 6 aromatic carbocycles. The van der Waals surface area contributed by atoms with Crippen LogP contribution in [0.15, 0.2) is 156 Å². The molecular weight excluding hydrogens is 526 g/mol. The molecule has 0 spiro atoms. The summed E-state index contributed by atoms with van der Waals surface area (Å²) in [7, 11) is 0. The average molecular weight is 563 g/mol. The summed E-state index contributed by atoms with van der Waals surface area (Å²) >= 11 is 0. The van der Waals surface area contributed by atoms with Crippen molar-refractivity contribution in [3.8, 4) is 56.4 Å². The first kappa shape index (κ1) is 15.9. The third-order valence-electron chi connectivity index (χ3n) is 6.94.